The third-order valence-corrected chi connectivity index (χ3v) is 7.28. The molecule has 0 bridgehead atoms. The zero-order valence-electron chi connectivity index (χ0n) is 15.0. The average Bonchev–Trinajstić information content (AvgIpc) is 3.31. The van der Waals surface area contributed by atoms with E-state index in [9.17, 15) is 10.2 Å². The molecule has 2 heterocycles. The van der Waals surface area contributed by atoms with Gasteiger partial charge in [-0.1, -0.05) is 57.9 Å². The summed E-state index contributed by atoms with van der Waals surface area (Å²) in [5.74, 6) is -1.46. The van der Waals surface area contributed by atoms with Gasteiger partial charge in [0.05, 0.1) is 47.6 Å². The van der Waals surface area contributed by atoms with E-state index in [1.54, 1.807) is 0 Å². The molecule has 2 spiro atoms. The average molecular weight is 498 g/mol. The number of hydrogen-bond donors (Lipinski definition) is 2. The van der Waals surface area contributed by atoms with Crippen LogP contribution in [0.25, 0.3) is 0 Å². The lowest BCUT2D eigenvalue weighted by atomic mass is 9.87. The van der Waals surface area contributed by atoms with Crippen LogP contribution in [0.15, 0.2) is 21.1 Å². The van der Waals surface area contributed by atoms with Crippen molar-refractivity contribution in [2.45, 2.75) is 50.5 Å². The first-order valence-electron chi connectivity index (χ1n) is 8.97. The largest absolute Gasteiger partial charge is 0.392 e. The number of halogens is 2. The molecule has 4 aliphatic rings. The standard InChI is InChI=1S/2C9H13BrO3/c2*1-6-7(11)2-3-8(10)9(6)12-4-5-13-9/h2*3,6-7,11H,2,4-5H2,1H3/t2*6-,7-/m00/s1. The number of ether oxygens (including phenoxy) is 4. The summed E-state index contributed by atoms with van der Waals surface area (Å²) >= 11 is 6.88. The van der Waals surface area contributed by atoms with E-state index in [2.05, 4.69) is 31.9 Å². The summed E-state index contributed by atoms with van der Waals surface area (Å²) in [5.41, 5.74) is 0. The Hall–Kier alpha value is 0.200. The topological polar surface area (TPSA) is 77.4 Å². The fourth-order valence-corrected chi connectivity index (χ4v) is 5.29. The van der Waals surface area contributed by atoms with E-state index in [0.29, 0.717) is 39.3 Å². The fourth-order valence-electron chi connectivity index (χ4n) is 3.74. The molecule has 8 heteroatoms. The highest BCUT2D eigenvalue weighted by atomic mass is 79.9. The van der Waals surface area contributed by atoms with Crippen molar-refractivity contribution in [3.63, 3.8) is 0 Å². The molecular weight excluding hydrogens is 472 g/mol. The van der Waals surface area contributed by atoms with Crippen LogP contribution in [0.5, 0.6) is 0 Å². The van der Waals surface area contributed by atoms with Crippen LogP contribution in [-0.4, -0.2) is 60.4 Å². The van der Waals surface area contributed by atoms with Gasteiger partial charge in [0.1, 0.15) is 0 Å². The Morgan fingerprint density at radius 3 is 1.38 bits per heavy atom. The van der Waals surface area contributed by atoms with E-state index in [1.807, 2.05) is 26.0 Å². The molecule has 2 fully saturated rings. The van der Waals surface area contributed by atoms with Gasteiger partial charge in [-0.2, -0.15) is 0 Å². The third kappa shape index (κ3) is 3.59. The Kier molecular flexibility index (Phi) is 6.67. The molecular formula is C18H26Br2O6. The van der Waals surface area contributed by atoms with Crippen LogP contribution in [0.2, 0.25) is 0 Å². The number of rotatable bonds is 0. The van der Waals surface area contributed by atoms with Crippen LogP contribution in [0.4, 0.5) is 0 Å². The lowest BCUT2D eigenvalue weighted by molar-refractivity contribution is -0.183. The summed E-state index contributed by atoms with van der Waals surface area (Å²) in [6.45, 7) is 6.29. The predicted octanol–water partition coefficient (Wildman–Crippen LogP) is 2.82. The first-order chi connectivity index (χ1) is 12.3. The van der Waals surface area contributed by atoms with Gasteiger partial charge in [-0.25, -0.2) is 0 Å². The Bertz CT molecular complexity index is 516. The molecule has 0 aromatic heterocycles. The van der Waals surface area contributed by atoms with Gasteiger partial charge in [-0.05, 0) is 12.8 Å². The molecule has 4 atom stereocenters. The van der Waals surface area contributed by atoms with Gasteiger partial charge in [0.25, 0.3) is 0 Å². The zero-order valence-corrected chi connectivity index (χ0v) is 18.2. The van der Waals surface area contributed by atoms with Crippen molar-refractivity contribution < 1.29 is 29.2 Å². The maximum Gasteiger partial charge on any atom is 0.206 e. The van der Waals surface area contributed by atoms with Crippen LogP contribution in [-0.2, 0) is 18.9 Å². The highest BCUT2D eigenvalue weighted by Gasteiger charge is 2.50. The van der Waals surface area contributed by atoms with Gasteiger partial charge in [0.15, 0.2) is 0 Å². The van der Waals surface area contributed by atoms with Crippen molar-refractivity contribution in [3.05, 3.63) is 21.1 Å². The molecule has 2 N–H and O–H groups in total. The molecule has 0 aromatic carbocycles. The van der Waals surface area contributed by atoms with Gasteiger partial charge in [-0.15, -0.1) is 0 Å². The minimum Gasteiger partial charge on any atom is -0.392 e. The molecule has 2 aliphatic heterocycles. The van der Waals surface area contributed by atoms with E-state index in [4.69, 9.17) is 18.9 Å². The van der Waals surface area contributed by atoms with E-state index in [-0.39, 0.29) is 24.0 Å². The maximum absolute atomic E-state index is 9.70. The summed E-state index contributed by atoms with van der Waals surface area (Å²) in [5, 5.41) is 19.4. The van der Waals surface area contributed by atoms with E-state index >= 15 is 0 Å². The monoisotopic (exact) mass is 496 g/mol. The van der Waals surface area contributed by atoms with Gasteiger partial charge in [-0.3, -0.25) is 0 Å². The first kappa shape index (κ1) is 20.9. The van der Waals surface area contributed by atoms with Crippen LogP contribution < -0.4 is 0 Å². The molecule has 26 heavy (non-hydrogen) atoms. The van der Waals surface area contributed by atoms with Crippen LogP contribution in [0, 0.1) is 11.8 Å². The van der Waals surface area contributed by atoms with Crippen LogP contribution in [0.1, 0.15) is 26.7 Å². The van der Waals surface area contributed by atoms with Crippen LogP contribution >= 0.6 is 31.9 Å². The second kappa shape index (κ2) is 8.29. The van der Waals surface area contributed by atoms with Crippen molar-refractivity contribution in [1.29, 1.82) is 0 Å². The molecule has 0 aromatic rings. The van der Waals surface area contributed by atoms with Crippen molar-refractivity contribution in [1.82, 2.24) is 0 Å². The predicted molar refractivity (Wildman–Crippen MR) is 103 cm³/mol. The van der Waals surface area contributed by atoms with Gasteiger partial charge in [0.2, 0.25) is 11.6 Å². The number of hydrogen-bond acceptors (Lipinski definition) is 6. The summed E-state index contributed by atoms with van der Waals surface area (Å²) in [6.07, 6.45) is 4.43. The lowest BCUT2D eigenvalue weighted by Crippen LogP contribution is -2.46. The fraction of sp³-hybridized carbons (Fsp3) is 0.778. The van der Waals surface area contributed by atoms with Crippen molar-refractivity contribution >= 4 is 31.9 Å². The summed E-state index contributed by atoms with van der Waals surface area (Å²) < 4.78 is 24.1. The Labute approximate surface area is 170 Å². The quantitative estimate of drug-likeness (QED) is 0.536. The van der Waals surface area contributed by atoms with Gasteiger partial charge >= 0.3 is 0 Å². The highest BCUT2D eigenvalue weighted by Crippen LogP contribution is 2.44. The Balaban J connectivity index is 0.000000151. The zero-order chi connectivity index (χ0) is 18.9. The Morgan fingerprint density at radius 1 is 0.769 bits per heavy atom. The van der Waals surface area contributed by atoms with Crippen molar-refractivity contribution in [2.24, 2.45) is 11.8 Å². The van der Waals surface area contributed by atoms with Gasteiger partial charge < -0.3 is 29.2 Å². The molecule has 4 rings (SSSR count). The van der Waals surface area contributed by atoms with E-state index < -0.39 is 11.6 Å². The normalized spacial score (nSPS) is 37.9. The Morgan fingerprint density at radius 2 is 1.08 bits per heavy atom. The molecule has 0 saturated carbocycles. The molecule has 2 saturated heterocycles. The molecule has 0 unspecified atom stereocenters. The van der Waals surface area contributed by atoms with Crippen molar-refractivity contribution in [2.75, 3.05) is 26.4 Å². The first-order valence-corrected chi connectivity index (χ1v) is 10.6. The summed E-state index contributed by atoms with van der Waals surface area (Å²) in [6, 6.07) is 0. The smallest absolute Gasteiger partial charge is 0.206 e. The second-order valence-corrected chi connectivity index (χ2v) is 8.73. The number of aliphatic hydroxyl groups is 2. The lowest BCUT2D eigenvalue weighted by Gasteiger charge is -2.38. The highest BCUT2D eigenvalue weighted by molar-refractivity contribution is 9.12. The summed E-state index contributed by atoms with van der Waals surface area (Å²) in [4.78, 5) is 0. The molecule has 6 nitrogen and oxygen atoms in total. The van der Waals surface area contributed by atoms with E-state index in [0.717, 1.165) is 8.96 Å². The second-order valence-electron chi connectivity index (χ2n) is 7.02. The van der Waals surface area contributed by atoms with E-state index in [1.165, 1.54) is 0 Å². The minimum atomic E-state index is -0.711. The molecule has 0 radical (unpaired) electrons. The maximum atomic E-state index is 9.70. The molecule has 0 amide bonds. The third-order valence-electron chi connectivity index (χ3n) is 5.53. The SMILES string of the molecule is C[C@H]1[C@@H](O)CC=C(Br)C12OCCO2.C[C@H]1[C@@H](O)CC=C(Br)C12OCCO2. The van der Waals surface area contributed by atoms with Crippen molar-refractivity contribution in [3.8, 4) is 0 Å². The molecule has 148 valence electrons. The van der Waals surface area contributed by atoms with Gasteiger partial charge in [0, 0.05) is 11.8 Å². The molecule has 2 aliphatic carbocycles. The number of aliphatic hydroxyl groups excluding tert-OH is 2. The minimum absolute atomic E-state index is 0.0191. The summed E-state index contributed by atoms with van der Waals surface area (Å²) in [7, 11) is 0. The van der Waals surface area contributed by atoms with Crippen LogP contribution in [0.3, 0.4) is 0 Å².